The second-order valence-corrected chi connectivity index (χ2v) is 11.6. The van der Waals surface area contributed by atoms with Gasteiger partial charge in [0.2, 0.25) is 9.84 Å². The summed E-state index contributed by atoms with van der Waals surface area (Å²) < 4.78 is 30.8. The molecule has 0 amide bonds. The van der Waals surface area contributed by atoms with Gasteiger partial charge < -0.3 is 9.84 Å². The molecule has 0 aliphatic carbocycles. The topological polar surface area (TPSA) is 83.9 Å². The summed E-state index contributed by atoms with van der Waals surface area (Å²) in [6.45, 7) is 1.77. The molecule has 0 saturated carbocycles. The molecule has 202 valence electrons. The molecule has 0 fully saturated rings. The normalized spacial score (nSPS) is 12.3. The maximum Gasteiger partial charge on any atom is 0.337 e. The number of hydrogen-bond acceptors (Lipinski definition) is 6. The van der Waals surface area contributed by atoms with Crippen LogP contribution >= 0.6 is 11.6 Å². The fourth-order valence-corrected chi connectivity index (χ4v) is 5.64. The van der Waals surface area contributed by atoms with E-state index in [1.165, 1.54) is 31.4 Å². The lowest BCUT2D eigenvalue weighted by molar-refractivity contribution is 0.0600. The molecule has 8 heteroatoms. The van der Waals surface area contributed by atoms with Gasteiger partial charge in [-0.05, 0) is 71.6 Å². The van der Waals surface area contributed by atoms with Gasteiger partial charge in [0, 0.05) is 24.7 Å². The van der Waals surface area contributed by atoms with Crippen molar-refractivity contribution in [2.45, 2.75) is 28.9 Å². The molecule has 1 unspecified atom stereocenters. The molecule has 4 aromatic carbocycles. The van der Waals surface area contributed by atoms with Gasteiger partial charge in [0.1, 0.15) is 0 Å². The largest absolute Gasteiger partial charge is 0.465 e. The first-order valence-electron chi connectivity index (χ1n) is 12.5. The van der Waals surface area contributed by atoms with Crippen LogP contribution in [0.5, 0.6) is 0 Å². The number of nitrogens with zero attached hydrogens (tertiary/aromatic N) is 1. The zero-order valence-electron chi connectivity index (χ0n) is 21.5. The molecular formula is C31H30ClNO5S. The number of aliphatic hydroxyl groups is 1. The number of hydrogen-bond donors (Lipinski definition) is 1. The van der Waals surface area contributed by atoms with E-state index in [9.17, 15) is 18.3 Å². The quantitative estimate of drug-likeness (QED) is 0.234. The van der Waals surface area contributed by atoms with E-state index in [2.05, 4.69) is 21.8 Å². The second-order valence-electron chi connectivity index (χ2n) is 9.20. The van der Waals surface area contributed by atoms with Crippen LogP contribution in [0, 0.1) is 0 Å². The van der Waals surface area contributed by atoms with Crippen LogP contribution in [0.2, 0.25) is 5.02 Å². The van der Waals surface area contributed by atoms with Gasteiger partial charge in [0.05, 0.1) is 28.6 Å². The van der Waals surface area contributed by atoms with Crippen LogP contribution in [-0.4, -0.2) is 44.6 Å². The van der Waals surface area contributed by atoms with Crippen molar-refractivity contribution in [1.29, 1.82) is 0 Å². The van der Waals surface area contributed by atoms with Crippen molar-refractivity contribution >= 4 is 27.4 Å². The molecule has 0 aliphatic heterocycles. The van der Waals surface area contributed by atoms with Gasteiger partial charge in [-0.15, -0.1) is 0 Å². The summed E-state index contributed by atoms with van der Waals surface area (Å²) in [6, 6.07) is 29.8. The zero-order valence-corrected chi connectivity index (χ0v) is 23.1. The minimum absolute atomic E-state index is 0.105. The maximum atomic E-state index is 13.1. The minimum Gasteiger partial charge on any atom is -0.465 e. The van der Waals surface area contributed by atoms with Gasteiger partial charge in [-0.25, -0.2) is 13.2 Å². The molecule has 0 spiro atoms. The molecule has 1 atom stereocenters. The molecule has 0 bridgehead atoms. The monoisotopic (exact) mass is 563 g/mol. The van der Waals surface area contributed by atoms with Crippen molar-refractivity contribution in [2.24, 2.45) is 0 Å². The van der Waals surface area contributed by atoms with Crippen LogP contribution in [0.15, 0.2) is 113 Å². The van der Waals surface area contributed by atoms with Gasteiger partial charge in [-0.3, -0.25) is 4.90 Å². The molecule has 0 saturated heterocycles. The number of ether oxygens (including phenoxy) is 1. The Hall–Kier alpha value is -3.49. The van der Waals surface area contributed by atoms with Crippen molar-refractivity contribution in [3.63, 3.8) is 0 Å². The summed E-state index contributed by atoms with van der Waals surface area (Å²) in [7, 11) is -2.46. The molecular weight excluding hydrogens is 534 g/mol. The summed E-state index contributed by atoms with van der Waals surface area (Å²) in [6.07, 6.45) is -0.00186. The van der Waals surface area contributed by atoms with E-state index in [1.54, 1.807) is 24.3 Å². The Morgan fingerprint density at radius 1 is 0.846 bits per heavy atom. The lowest BCUT2D eigenvalue weighted by atomic mass is 10.1. The third-order valence-corrected chi connectivity index (χ3v) is 8.51. The van der Waals surface area contributed by atoms with Crippen LogP contribution in [0.25, 0.3) is 0 Å². The highest BCUT2D eigenvalue weighted by atomic mass is 35.5. The second kappa shape index (κ2) is 13.0. The van der Waals surface area contributed by atoms with E-state index in [0.717, 1.165) is 16.7 Å². The lowest BCUT2D eigenvalue weighted by Crippen LogP contribution is -2.30. The molecule has 0 aliphatic rings. The van der Waals surface area contributed by atoms with Gasteiger partial charge >= 0.3 is 5.97 Å². The highest BCUT2D eigenvalue weighted by molar-refractivity contribution is 7.91. The van der Waals surface area contributed by atoms with Crippen molar-refractivity contribution in [3.05, 3.63) is 130 Å². The van der Waals surface area contributed by atoms with Crippen LogP contribution in [-0.2, 0) is 27.5 Å². The van der Waals surface area contributed by atoms with Crippen LogP contribution in [0.4, 0.5) is 0 Å². The highest BCUT2D eigenvalue weighted by Crippen LogP contribution is 2.23. The third-order valence-electron chi connectivity index (χ3n) is 6.47. The SMILES string of the molecule is COC(=O)c1ccc(S(=O)(=O)c2ccc(CCN(Cc3ccccc3)CC(O)c3ccc(Cl)cc3)cc2)cc1. The van der Waals surface area contributed by atoms with Crippen molar-refractivity contribution in [2.75, 3.05) is 20.2 Å². The van der Waals surface area contributed by atoms with E-state index < -0.39 is 21.9 Å². The Morgan fingerprint density at radius 3 is 2.03 bits per heavy atom. The number of sulfone groups is 1. The van der Waals surface area contributed by atoms with Gasteiger partial charge in [0.15, 0.2) is 0 Å². The van der Waals surface area contributed by atoms with Gasteiger partial charge in [0.25, 0.3) is 0 Å². The van der Waals surface area contributed by atoms with Crippen LogP contribution in [0.1, 0.15) is 33.2 Å². The van der Waals surface area contributed by atoms with E-state index in [4.69, 9.17) is 11.6 Å². The molecule has 39 heavy (non-hydrogen) atoms. The summed E-state index contributed by atoms with van der Waals surface area (Å²) in [5.74, 6) is -0.523. The smallest absolute Gasteiger partial charge is 0.337 e. The molecule has 6 nitrogen and oxygen atoms in total. The Labute approximate surface area is 234 Å². The van der Waals surface area contributed by atoms with E-state index >= 15 is 0 Å². The van der Waals surface area contributed by atoms with Gasteiger partial charge in [-0.1, -0.05) is 66.2 Å². The summed E-state index contributed by atoms with van der Waals surface area (Å²) in [5, 5.41) is 11.5. The number of benzene rings is 4. The summed E-state index contributed by atoms with van der Waals surface area (Å²) in [4.78, 5) is 14.1. The van der Waals surface area contributed by atoms with E-state index in [1.807, 2.05) is 42.5 Å². The first-order chi connectivity index (χ1) is 18.8. The molecule has 0 radical (unpaired) electrons. The fraction of sp³-hybridized carbons (Fsp3) is 0.194. The molecule has 0 aromatic heterocycles. The first-order valence-corrected chi connectivity index (χ1v) is 14.3. The average Bonchev–Trinajstić information content (AvgIpc) is 2.96. The first kappa shape index (κ1) is 28.5. The Kier molecular flexibility index (Phi) is 9.54. The number of esters is 1. The number of halogens is 1. The standard InChI is InChI=1S/C31H30ClNO5S/c1-38-31(35)26-11-17-29(18-12-26)39(36,37)28-15-7-23(8-16-28)19-20-33(21-24-5-3-2-4-6-24)22-30(34)25-9-13-27(32)14-10-25/h2-18,30,34H,19-22H2,1H3. The predicted molar refractivity (Wildman–Crippen MR) is 152 cm³/mol. The van der Waals surface area contributed by atoms with Gasteiger partial charge in [-0.2, -0.15) is 0 Å². The Balaban J connectivity index is 1.44. The fourth-order valence-electron chi connectivity index (χ4n) is 4.26. The lowest BCUT2D eigenvalue weighted by Gasteiger charge is -2.25. The molecule has 4 aromatic rings. The predicted octanol–water partition coefficient (Wildman–Crippen LogP) is 5.74. The molecule has 1 N–H and O–H groups in total. The molecule has 4 rings (SSSR count). The van der Waals surface area contributed by atoms with Crippen LogP contribution in [0.3, 0.4) is 0 Å². The minimum atomic E-state index is -3.73. The average molecular weight is 564 g/mol. The number of methoxy groups -OCH3 is 1. The third kappa shape index (κ3) is 7.55. The zero-order chi connectivity index (χ0) is 27.8. The Morgan fingerprint density at radius 2 is 1.44 bits per heavy atom. The highest BCUT2D eigenvalue weighted by Gasteiger charge is 2.19. The summed E-state index contributed by atoms with van der Waals surface area (Å²) >= 11 is 6.00. The number of rotatable bonds is 11. The number of aliphatic hydroxyl groups excluding tert-OH is 1. The summed E-state index contributed by atoms with van der Waals surface area (Å²) in [5.41, 5.74) is 3.20. The van der Waals surface area contributed by atoms with Crippen molar-refractivity contribution in [1.82, 2.24) is 4.90 Å². The van der Waals surface area contributed by atoms with Crippen LogP contribution < -0.4 is 0 Å². The number of carbonyl (C=O) groups excluding carboxylic acids is 1. The van der Waals surface area contributed by atoms with Crippen molar-refractivity contribution < 1.29 is 23.1 Å². The van der Waals surface area contributed by atoms with E-state index in [0.29, 0.717) is 31.1 Å². The molecule has 0 heterocycles. The Bertz CT molecular complexity index is 1470. The van der Waals surface area contributed by atoms with Crippen molar-refractivity contribution in [3.8, 4) is 0 Å². The van der Waals surface area contributed by atoms with E-state index in [-0.39, 0.29) is 15.4 Å². The number of carbonyl (C=O) groups is 1. The maximum absolute atomic E-state index is 13.1.